The minimum absolute atomic E-state index is 0.256. The number of rotatable bonds is 6. The molecule has 0 unspecified atom stereocenters. The second-order valence-corrected chi connectivity index (χ2v) is 6.43. The lowest BCUT2D eigenvalue weighted by molar-refractivity contribution is 0.0995. The van der Waals surface area contributed by atoms with Crippen LogP contribution >= 0.6 is 0 Å². The highest BCUT2D eigenvalue weighted by Crippen LogP contribution is 2.23. The monoisotopic (exact) mass is 340 g/mol. The Morgan fingerprint density at radius 2 is 1.96 bits per heavy atom. The summed E-state index contributed by atoms with van der Waals surface area (Å²) in [6.07, 6.45) is 3.66. The van der Waals surface area contributed by atoms with E-state index in [1.807, 2.05) is 6.07 Å². The van der Waals surface area contributed by atoms with Gasteiger partial charge in [-0.3, -0.25) is 9.78 Å². The Morgan fingerprint density at radius 3 is 2.60 bits per heavy atom. The van der Waals surface area contributed by atoms with Crippen LogP contribution in [0.4, 0.5) is 11.4 Å². The zero-order chi connectivity index (χ0) is 17.6. The Bertz CT molecular complexity index is 710. The Labute approximate surface area is 147 Å². The third kappa shape index (κ3) is 4.48. The third-order valence-electron chi connectivity index (χ3n) is 4.68. The summed E-state index contributed by atoms with van der Waals surface area (Å²) in [7, 11) is 0. The molecule has 1 aromatic carbocycles. The lowest BCUT2D eigenvalue weighted by Gasteiger charge is -2.33. The number of hydrogen-bond donors (Lipinski definition) is 3. The molecule has 1 aromatic heterocycles. The molecule has 132 valence electrons. The van der Waals surface area contributed by atoms with Gasteiger partial charge in [0.2, 0.25) is 0 Å². The summed E-state index contributed by atoms with van der Waals surface area (Å²) in [5, 5.41) is 12.5. The molecule has 4 N–H and O–H groups in total. The largest absolute Gasteiger partial charge is 0.396 e. The molecule has 6 nitrogen and oxygen atoms in total. The SMILES string of the molecule is NC(=O)c1cc(NCc2ccc(N3CCC(CO)CC3)cc2)ccn1. The fourth-order valence-electron chi connectivity index (χ4n) is 3.08. The predicted molar refractivity (Wildman–Crippen MR) is 98.5 cm³/mol. The van der Waals surface area contributed by atoms with E-state index in [0.717, 1.165) is 37.2 Å². The smallest absolute Gasteiger partial charge is 0.267 e. The molecule has 1 aliphatic rings. The number of hydrogen-bond acceptors (Lipinski definition) is 5. The van der Waals surface area contributed by atoms with Gasteiger partial charge in [-0.2, -0.15) is 0 Å². The van der Waals surface area contributed by atoms with Gasteiger partial charge in [-0.1, -0.05) is 12.1 Å². The topological polar surface area (TPSA) is 91.5 Å². The Morgan fingerprint density at radius 1 is 1.24 bits per heavy atom. The van der Waals surface area contributed by atoms with Crippen molar-refractivity contribution in [3.05, 3.63) is 53.9 Å². The van der Waals surface area contributed by atoms with Crippen molar-refractivity contribution in [2.45, 2.75) is 19.4 Å². The van der Waals surface area contributed by atoms with E-state index >= 15 is 0 Å². The van der Waals surface area contributed by atoms with Gasteiger partial charge in [-0.15, -0.1) is 0 Å². The Balaban J connectivity index is 1.56. The van der Waals surface area contributed by atoms with Crippen LogP contribution in [0.25, 0.3) is 0 Å². The number of primary amides is 1. The van der Waals surface area contributed by atoms with Gasteiger partial charge in [-0.05, 0) is 48.6 Å². The van der Waals surface area contributed by atoms with Crippen LogP contribution in [-0.2, 0) is 6.54 Å². The van der Waals surface area contributed by atoms with Crippen LogP contribution < -0.4 is 16.0 Å². The van der Waals surface area contributed by atoms with Crippen LogP contribution in [0.2, 0.25) is 0 Å². The van der Waals surface area contributed by atoms with E-state index in [-0.39, 0.29) is 5.69 Å². The van der Waals surface area contributed by atoms with E-state index in [4.69, 9.17) is 5.73 Å². The van der Waals surface area contributed by atoms with Gasteiger partial charge >= 0.3 is 0 Å². The standard InChI is InChI=1S/C19H24N4O2/c20-19(25)18-11-16(5-8-21-18)22-12-14-1-3-17(4-2-14)23-9-6-15(13-24)7-10-23/h1-5,8,11,15,24H,6-7,9-10,12-13H2,(H2,20,25)(H,21,22). The van der Waals surface area contributed by atoms with Crippen molar-refractivity contribution in [3.8, 4) is 0 Å². The van der Waals surface area contributed by atoms with Crippen molar-refractivity contribution in [3.63, 3.8) is 0 Å². The molecule has 2 aromatic rings. The summed E-state index contributed by atoms with van der Waals surface area (Å²) in [5.74, 6) is -0.0802. The van der Waals surface area contributed by atoms with Crippen LogP contribution in [0, 0.1) is 5.92 Å². The van der Waals surface area contributed by atoms with E-state index in [0.29, 0.717) is 19.1 Å². The zero-order valence-corrected chi connectivity index (χ0v) is 14.2. The molecule has 1 fully saturated rings. The maximum Gasteiger partial charge on any atom is 0.267 e. The van der Waals surface area contributed by atoms with E-state index < -0.39 is 5.91 Å². The van der Waals surface area contributed by atoms with Crippen molar-refractivity contribution >= 4 is 17.3 Å². The zero-order valence-electron chi connectivity index (χ0n) is 14.2. The highest BCUT2D eigenvalue weighted by atomic mass is 16.3. The molecule has 0 spiro atoms. The molecule has 2 heterocycles. The minimum atomic E-state index is -0.530. The summed E-state index contributed by atoms with van der Waals surface area (Å²) in [4.78, 5) is 17.5. The number of anilines is 2. The van der Waals surface area contributed by atoms with Gasteiger partial charge in [0.25, 0.3) is 5.91 Å². The molecule has 1 amide bonds. The molecule has 25 heavy (non-hydrogen) atoms. The molecule has 0 atom stereocenters. The van der Waals surface area contributed by atoms with Crippen LogP contribution in [-0.4, -0.2) is 35.7 Å². The van der Waals surface area contributed by atoms with Gasteiger partial charge in [0.15, 0.2) is 0 Å². The summed E-state index contributed by atoms with van der Waals surface area (Å²) >= 11 is 0. The number of carbonyl (C=O) groups is 1. The first-order valence-corrected chi connectivity index (χ1v) is 8.60. The maximum absolute atomic E-state index is 11.2. The molecular formula is C19H24N4O2. The van der Waals surface area contributed by atoms with Gasteiger partial charge in [-0.25, -0.2) is 0 Å². The van der Waals surface area contributed by atoms with E-state index in [2.05, 4.69) is 39.5 Å². The molecule has 1 aliphatic heterocycles. The highest BCUT2D eigenvalue weighted by Gasteiger charge is 2.18. The van der Waals surface area contributed by atoms with Crippen molar-refractivity contribution in [1.29, 1.82) is 0 Å². The number of aliphatic hydroxyl groups excluding tert-OH is 1. The quantitative estimate of drug-likeness (QED) is 0.748. The number of nitrogens with two attached hydrogens (primary N) is 1. The number of aliphatic hydroxyl groups is 1. The molecule has 0 bridgehead atoms. The van der Waals surface area contributed by atoms with Gasteiger partial charge in [0.05, 0.1) is 0 Å². The number of piperidine rings is 1. The fourth-order valence-corrected chi connectivity index (χ4v) is 3.08. The average Bonchev–Trinajstić information content (AvgIpc) is 2.67. The van der Waals surface area contributed by atoms with Crippen molar-refractivity contribution < 1.29 is 9.90 Å². The Hall–Kier alpha value is -2.60. The molecule has 3 rings (SSSR count). The predicted octanol–water partition coefficient (Wildman–Crippen LogP) is 2.00. The second kappa shape index (κ2) is 7.98. The lowest BCUT2D eigenvalue weighted by atomic mass is 9.97. The van der Waals surface area contributed by atoms with Crippen LogP contribution in [0.15, 0.2) is 42.6 Å². The first-order chi connectivity index (χ1) is 12.2. The normalized spacial score (nSPS) is 15.2. The van der Waals surface area contributed by atoms with E-state index in [1.54, 1.807) is 12.3 Å². The van der Waals surface area contributed by atoms with E-state index in [9.17, 15) is 9.90 Å². The minimum Gasteiger partial charge on any atom is -0.396 e. The fraction of sp³-hybridized carbons (Fsp3) is 0.368. The highest BCUT2D eigenvalue weighted by molar-refractivity contribution is 5.91. The van der Waals surface area contributed by atoms with Crippen molar-refractivity contribution in [2.75, 3.05) is 29.9 Å². The molecule has 0 radical (unpaired) electrons. The van der Waals surface area contributed by atoms with Crippen molar-refractivity contribution in [1.82, 2.24) is 4.98 Å². The number of nitrogens with one attached hydrogen (secondary N) is 1. The summed E-state index contributed by atoms with van der Waals surface area (Å²) in [6, 6.07) is 12.0. The molecule has 0 saturated carbocycles. The summed E-state index contributed by atoms with van der Waals surface area (Å²) in [5.41, 5.74) is 8.70. The number of aromatic nitrogens is 1. The number of nitrogens with zero attached hydrogens (tertiary/aromatic N) is 2. The summed E-state index contributed by atoms with van der Waals surface area (Å²) < 4.78 is 0. The van der Waals surface area contributed by atoms with Crippen LogP contribution in [0.3, 0.4) is 0 Å². The van der Waals surface area contributed by atoms with E-state index in [1.165, 1.54) is 5.69 Å². The average molecular weight is 340 g/mol. The molecule has 1 saturated heterocycles. The lowest BCUT2D eigenvalue weighted by Crippen LogP contribution is -2.34. The molecular weight excluding hydrogens is 316 g/mol. The van der Waals surface area contributed by atoms with Crippen molar-refractivity contribution in [2.24, 2.45) is 11.7 Å². The molecule has 6 heteroatoms. The number of benzene rings is 1. The number of pyridine rings is 1. The van der Waals surface area contributed by atoms with Gasteiger partial charge in [0.1, 0.15) is 5.69 Å². The van der Waals surface area contributed by atoms with Gasteiger partial charge < -0.3 is 21.1 Å². The second-order valence-electron chi connectivity index (χ2n) is 6.43. The van der Waals surface area contributed by atoms with Crippen LogP contribution in [0.1, 0.15) is 28.9 Å². The number of carbonyl (C=O) groups excluding carboxylic acids is 1. The van der Waals surface area contributed by atoms with Crippen LogP contribution in [0.5, 0.6) is 0 Å². The maximum atomic E-state index is 11.2. The Kier molecular flexibility index (Phi) is 5.50. The summed E-state index contributed by atoms with van der Waals surface area (Å²) in [6.45, 7) is 2.95. The third-order valence-corrected chi connectivity index (χ3v) is 4.68. The first-order valence-electron chi connectivity index (χ1n) is 8.60. The van der Waals surface area contributed by atoms with Gasteiger partial charge in [0, 0.05) is 43.8 Å². The number of amides is 1. The molecule has 0 aliphatic carbocycles. The first kappa shape index (κ1) is 17.2.